The molecule has 1 saturated heterocycles. The lowest BCUT2D eigenvalue weighted by Crippen LogP contribution is -2.37. The molecule has 4 rings (SSSR count). The lowest BCUT2D eigenvalue weighted by Gasteiger charge is -2.34. The minimum Gasteiger partial charge on any atom is -0.358 e. The van der Waals surface area contributed by atoms with E-state index in [9.17, 15) is 0 Å². The van der Waals surface area contributed by atoms with Gasteiger partial charge in [-0.05, 0) is 67.9 Å². The maximum Gasteiger partial charge on any atom is 0.129 e. The summed E-state index contributed by atoms with van der Waals surface area (Å²) in [6, 6.07) is 26.9. The molecule has 4 nitrogen and oxygen atoms in total. The van der Waals surface area contributed by atoms with Crippen LogP contribution in [0.4, 0.5) is 11.4 Å². The molecule has 1 aliphatic rings. The van der Waals surface area contributed by atoms with Crippen molar-refractivity contribution in [3.8, 4) is 0 Å². The molecule has 1 fully saturated rings. The van der Waals surface area contributed by atoms with Crippen molar-refractivity contribution in [3.05, 3.63) is 127 Å². The fourth-order valence-electron chi connectivity index (χ4n) is 4.50. The van der Waals surface area contributed by atoms with E-state index in [0.717, 1.165) is 75.8 Å². The van der Waals surface area contributed by atoms with Gasteiger partial charge in [-0.15, -0.1) is 11.8 Å². The highest BCUT2D eigenvalue weighted by Crippen LogP contribution is 2.36. The second-order valence-electron chi connectivity index (χ2n) is 9.50. The highest BCUT2D eigenvalue weighted by atomic mass is 32.2. The number of thioether (sulfide) groups is 1. The van der Waals surface area contributed by atoms with Gasteiger partial charge in [0, 0.05) is 42.2 Å². The normalized spacial score (nSPS) is 15.7. The average molecular weight is 536 g/mol. The summed E-state index contributed by atoms with van der Waals surface area (Å²) in [5.74, 6) is 0. The third kappa shape index (κ3) is 7.47. The van der Waals surface area contributed by atoms with Crippen molar-refractivity contribution in [3.63, 3.8) is 0 Å². The van der Waals surface area contributed by atoms with Crippen molar-refractivity contribution in [1.82, 2.24) is 0 Å². The Morgan fingerprint density at radius 2 is 1.64 bits per heavy atom. The SMILES string of the molecule is C=C(/C=C\N=C(C)SC)C(=C)c1cc(N=C(c2ccccc2)c2ccccc2)ccc1N(C)C1CCCCO1. The van der Waals surface area contributed by atoms with Gasteiger partial charge in [0.15, 0.2) is 0 Å². The van der Waals surface area contributed by atoms with Gasteiger partial charge in [-0.3, -0.25) is 4.99 Å². The van der Waals surface area contributed by atoms with E-state index in [4.69, 9.17) is 9.73 Å². The lowest BCUT2D eigenvalue weighted by molar-refractivity contribution is 0.0174. The van der Waals surface area contributed by atoms with Crippen LogP contribution in [-0.4, -0.2) is 36.9 Å². The fraction of sp³-hybridized carbons (Fsp3) is 0.235. The topological polar surface area (TPSA) is 37.2 Å². The van der Waals surface area contributed by atoms with Crippen LogP contribution in [0, 0.1) is 0 Å². The van der Waals surface area contributed by atoms with Crippen molar-refractivity contribution < 1.29 is 4.74 Å². The zero-order valence-corrected chi connectivity index (χ0v) is 24.0. The first-order chi connectivity index (χ1) is 19.0. The number of nitrogens with zero attached hydrogens (tertiary/aromatic N) is 3. The number of anilines is 1. The Bertz CT molecular complexity index is 1330. The van der Waals surface area contributed by atoms with Gasteiger partial charge in [-0.2, -0.15) is 0 Å². The molecule has 1 atom stereocenters. The second kappa shape index (κ2) is 13.9. The molecule has 0 saturated carbocycles. The molecule has 200 valence electrons. The Morgan fingerprint density at radius 3 is 2.23 bits per heavy atom. The maximum atomic E-state index is 6.12. The van der Waals surface area contributed by atoms with Crippen molar-refractivity contribution >= 4 is 39.5 Å². The fourth-order valence-corrected chi connectivity index (χ4v) is 4.67. The molecule has 5 heteroatoms. The lowest BCUT2D eigenvalue weighted by atomic mass is 9.97. The third-order valence-corrected chi connectivity index (χ3v) is 7.52. The standard InChI is InChI=1S/C34H37N3OS/c1-25(21-22-35-27(3)39-5)26(2)31-24-30(19-20-32(31)37(4)33-18-12-13-23-38-33)36-34(28-14-8-6-9-15-28)29-16-10-7-11-17-29/h6-11,14-17,19-22,24,33H,1-2,12-13,18,23H2,3-5H3/b22-21-,35-27?. The molecule has 1 unspecified atom stereocenters. The van der Waals surface area contributed by atoms with Crippen LogP contribution in [0.15, 0.2) is 120 Å². The van der Waals surface area contributed by atoms with Crippen molar-refractivity contribution in [2.24, 2.45) is 9.98 Å². The quantitative estimate of drug-likeness (QED) is 0.156. The minimum atomic E-state index is 0.0292. The molecular formula is C34H37N3OS. The molecule has 3 aromatic rings. The van der Waals surface area contributed by atoms with Crippen LogP contribution in [-0.2, 0) is 4.74 Å². The highest BCUT2D eigenvalue weighted by Gasteiger charge is 2.22. The summed E-state index contributed by atoms with van der Waals surface area (Å²) in [4.78, 5) is 11.8. The number of hydrogen-bond acceptors (Lipinski definition) is 5. The van der Waals surface area contributed by atoms with Crippen molar-refractivity contribution in [2.45, 2.75) is 32.4 Å². The number of benzene rings is 3. The number of rotatable bonds is 9. The molecule has 0 aliphatic carbocycles. The predicted octanol–water partition coefficient (Wildman–Crippen LogP) is 8.68. The third-order valence-electron chi connectivity index (χ3n) is 6.82. The molecule has 0 radical (unpaired) electrons. The minimum absolute atomic E-state index is 0.0292. The zero-order valence-electron chi connectivity index (χ0n) is 23.1. The Morgan fingerprint density at radius 1 is 0.974 bits per heavy atom. The van der Waals surface area contributed by atoms with E-state index >= 15 is 0 Å². The molecule has 39 heavy (non-hydrogen) atoms. The van der Waals surface area contributed by atoms with Gasteiger partial charge in [0.25, 0.3) is 0 Å². The molecule has 0 spiro atoms. The predicted molar refractivity (Wildman–Crippen MR) is 171 cm³/mol. The van der Waals surface area contributed by atoms with Crippen LogP contribution in [0.2, 0.25) is 0 Å². The zero-order chi connectivity index (χ0) is 27.6. The number of hydrogen-bond donors (Lipinski definition) is 0. The van der Waals surface area contributed by atoms with E-state index < -0.39 is 0 Å². The van der Waals surface area contributed by atoms with Gasteiger partial charge in [-0.1, -0.05) is 73.8 Å². The summed E-state index contributed by atoms with van der Waals surface area (Å²) in [7, 11) is 2.09. The molecule has 1 aliphatic heterocycles. The van der Waals surface area contributed by atoms with Gasteiger partial charge >= 0.3 is 0 Å². The number of ether oxygens (including phenoxy) is 1. The maximum absolute atomic E-state index is 6.12. The van der Waals surface area contributed by atoms with Crippen LogP contribution >= 0.6 is 11.8 Å². The first kappa shape index (κ1) is 28.3. The molecule has 0 bridgehead atoms. The van der Waals surface area contributed by atoms with Crippen molar-refractivity contribution in [1.29, 1.82) is 0 Å². The summed E-state index contributed by atoms with van der Waals surface area (Å²) in [6.45, 7) is 11.5. The molecule has 1 heterocycles. The van der Waals surface area contributed by atoms with Gasteiger partial charge in [-0.25, -0.2) is 4.99 Å². The van der Waals surface area contributed by atoms with Gasteiger partial charge in [0.05, 0.1) is 16.4 Å². The van der Waals surface area contributed by atoms with Gasteiger partial charge in [0.1, 0.15) is 6.23 Å². The van der Waals surface area contributed by atoms with Gasteiger partial charge < -0.3 is 9.64 Å². The van der Waals surface area contributed by atoms with E-state index in [1.807, 2.05) is 55.7 Å². The molecule has 0 N–H and O–H groups in total. The average Bonchev–Trinajstić information content (AvgIpc) is 3.00. The van der Waals surface area contributed by atoms with Crippen LogP contribution in [0.5, 0.6) is 0 Å². The number of allylic oxidation sites excluding steroid dienone is 3. The summed E-state index contributed by atoms with van der Waals surface area (Å²) in [5.41, 5.74) is 7.57. The number of aliphatic imine (C=N–C) groups is 2. The Labute approximate surface area is 237 Å². The van der Waals surface area contributed by atoms with E-state index in [1.54, 1.807) is 18.0 Å². The summed E-state index contributed by atoms with van der Waals surface area (Å²) in [5, 5.41) is 0.991. The summed E-state index contributed by atoms with van der Waals surface area (Å²) < 4.78 is 6.12. The van der Waals surface area contributed by atoms with E-state index in [-0.39, 0.29) is 6.23 Å². The molecule has 0 aromatic heterocycles. The van der Waals surface area contributed by atoms with E-state index in [0.29, 0.717) is 0 Å². The monoisotopic (exact) mass is 535 g/mol. The smallest absolute Gasteiger partial charge is 0.129 e. The first-order valence-corrected chi connectivity index (χ1v) is 14.5. The van der Waals surface area contributed by atoms with Crippen LogP contribution < -0.4 is 4.90 Å². The van der Waals surface area contributed by atoms with Gasteiger partial charge in [0.2, 0.25) is 0 Å². The van der Waals surface area contributed by atoms with E-state index in [2.05, 4.69) is 72.6 Å². The van der Waals surface area contributed by atoms with E-state index in [1.165, 1.54) is 0 Å². The largest absolute Gasteiger partial charge is 0.358 e. The molecule has 3 aromatic carbocycles. The van der Waals surface area contributed by atoms with Crippen molar-refractivity contribution in [2.75, 3.05) is 24.8 Å². The van der Waals surface area contributed by atoms with Crippen LogP contribution in [0.25, 0.3) is 5.57 Å². The van der Waals surface area contributed by atoms with Crippen LogP contribution in [0.3, 0.4) is 0 Å². The highest BCUT2D eigenvalue weighted by molar-refractivity contribution is 8.13. The van der Waals surface area contributed by atoms with Crippen LogP contribution in [0.1, 0.15) is 42.9 Å². The Hall–Kier alpha value is -3.67. The molecule has 0 amide bonds. The summed E-state index contributed by atoms with van der Waals surface area (Å²) in [6.07, 6.45) is 9.01. The second-order valence-corrected chi connectivity index (χ2v) is 10.5. The Kier molecular flexibility index (Phi) is 10.1. The molecular weight excluding hydrogens is 498 g/mol. The first-order valence-electron chi connectivity index (χ1n) is 13.3. The Balaban J connectivity index is 1.78. The summed E-state index contributed by atoms with van der Waals surface area (Å²) >= 11 is 1.62.